The summed E-state index contributed by atoms with van der Waals surface area (Å²) in [4.78, 5) is 19.6. The lowest BCUT2D eigenvalue weighted by molar-refractivity contribution is -0.116. The van der Waals surface area contributed by atoms with Gasteiger partial charge in [0.1, 0.15) is 0 Å². The summed E-state index contributed by atoms with van der Waals surface area (Å²) < 4.78 is 2.26. The van der Waals surface area contributed by atoms with E-state index in [4.69, 9.17) is 12.2 Å². The number of thiocarbonyl (C=S) groups is 1. The molecule has 1 saturated heterocycles. The number of aryl methyl sites for hydroxylation is 2. The van der Waals surface area contributed by atoms with E-state index in [9.17, 15) is 4.79 Å². The number of hydrogen-bond donors (Lipinski definition) is 2. The van der Waals surface area contributed by atoms with Crippen LogP contribution in [-0.4, -0.2) is 32.0 Å². The van der Waals surface area contributed by atoms with Crippen LogP contribution >= 0.6 is 12.2 Å². The van der Waals surface area contributed by atoms with Crippen LogP contribution in [0.2, 0.25) is 0 Å². The molecular formula is C29H29N5OS. The number of nitrogens with one attached hydrogen (secondary N) is 2. The van der Waals surface area contributed by atoms with E-state index in [0.29, 0.717) is 18.1 Å². The molecule has 0 unspecified atom stereocenters. The van der Waals surface area contributed by atoms with Crippen LogP contribution in [0.25, 0.3) is 5.69 Å². The van der Waals surface area contributed by atoms with E-state index in [2.05, 4.69) is 56.3 Å². The molecule has 36 heavy (non-hydrogen) atoms. The van der Waals surface area contributed by atoms with Gasteiger partial charge in [0.15, 0.2) is 5.11 Å². The van der Waals surface area contributed by atoms with Crippen LogP contribution in [0, 0.1) is 13.8 Å². The molecule has 5 rings (SSSR count). The Morgan fingerprint density at radius 1 is 0.972 bits per heavy atom. The number of carbonyl (C=O) groups is 1. The highest BCUT2D eigenvalue weighted by atomic mass is 32.1. The Morgan fingerprint density at radius 2 is 1.72 bits per heavy atom. The predicted octanol–water partition coefficient (Wildman–Crippen LogP) is 5.49. The van der Waals surface area contributed by atoms with Crippen molar-refractivity contribution in [2.24, 2.45) is 0 Å². The number of carbonyl (C=O) groups excluding carboxylic acids is 1. The van der Waals surface area contributed by atoms with Crippen molar-refractivity contribution in [1.82, 2.24) is 19.8 Å². The maximum atomic E-state index is 12.8. The number of nitrogens with zero attached hydrogens (tertiary/aromatic N) is 3. The summed E-state index contributed by atoms with van der Waals surface area (Å²) in [5.74, 6) is -0.0451. The predicted molar refractivity (Wildman–Crippen MR) is 147 cm³/mol. The summed E-state index contributed by atoms with van der Waals surface area (Å²) in [6.45, 7) is 4.61. The van der Waals surface area contributed by atoms with E-state index in [1.54, 1.807) is 6.20 Å². The lowest BCUT2D eigenvalue weighted by atomic mass is 10.0. The van der Waals surface area contributed by atoms with Crippen LogP contribution in [0.4, 0.5) is 5.69 Å². The van der Waals surface area contributed by atoms with Crippen molar-refractivity contribution < 1.29 is 4.79 Å². The Bertz CT molecular complexity index is 1350. The molecule has 2 N–H and O–H groups in total. The van der Waals surface area contributed by atoms with Crippen LogP contribution in [0.5, 0.6) is 0 Å². The summed E-state index contributed by atoms with van der Waals surface area (Å²) in [6, 6.07) is 28.0. The minimum absolute atomic E-state index is 0.0451. The number of hydrogen-bond acceptors (Lipinski definition) is 3. The number of rotatable bonds is 7. The lowest BCUT2D eigenvalue weighted by Gasteiger charge is -2.29. The highest BCUT2D eigenvalue weighted by Gasteiger charge is 2.41. The summed E-state index contributed by atoms with van der Waals surface area (Å²) in [6.07, 6.45) is 2.11. The highest BCUT2D eigenvalue weighted by Crippen LogP contribution is 2.40. The van der Waals surface area contributed by atoms with E-state index < -0.39 is 0 Å². The fourth-order valence-electron chi connectivity index (χ4n) is 4.77. The number of benzene rings is 2. The first-order chi connectivity index (χ1) is 17.5. The van der Waals surface area contributed by atoms with Crippen molar-refractivity contribution in [3.8, 4) is 5.69 Å². The molecule has 0 radical (unpaired) electrons. The van der Waals surface area contributed by atoms with Gasteiger partial charge in [-0.15, -0.1) is 0 Å². The number of para-hydroxylation sites is 1. The zero-order chi connectivity index (χ0) is 25.1. The second-order valence-corrected chi connectivity index (χ2v) is 9.44. The zero-order valence-corrected chi connectivity index (χ0v) is 21.2. The third kappa shape index (κ3) is 4.88. The van der Waals surface area contributed by atoms with Crippen molar-refractivity contribution in [3.63, 3.8) is 0 Å². The van der Waals surface area contributed by atoms with Gasteiger partial charge in [-0.25, -0.2) is 0 Å². The number of amides is 1. The number of pyridine rings is 1. The van der Waals surface area contributed by atoms with E-state index in [0.717, 1.165) is 34.0 Å². The summed E-state index contributed by atoms with van der Waals surface area (Å²) in [7, 11) is 0. The molecule has 1 amide bonds. The molecule has 4 aromatic rings. The number of aromatic nitrogens is 2. The van der Waals surface area contributed by atoms with Crippen molar-refractivity contribution in [3.05, 3.63) is 114 Å². The van der Waals surface area contributed by atoms with Crippen LogP contribution in [0.3, 0.4) is 0 Å². The van der Waals surface area contributed by atoms with Crippen molar-refractivity contribution in [1.29, 1.82) is 0 Å². The maximum absolute atomic E-state index is 12.8. The SMILES string of the molecule is Cc1ccc(NC(=O)CCN2C(=S)N[C@@H](c3ccccn3)[C@H]2c2ccc(C)n2-c2ccccc2)cc1. The highest BCUT2D eigenvalue weighted by molar-refractivity contribution is 7.80. The standard InChI is InChI=1S/C29H29N5OS/c1-20-11-14-22(15-12-20)31-26(35)17-19-33-28(27(32-29(33)36)24-10-6-7-18-30-24)25-16-13-21(2)34(25)23-8-4-3-5-9-23/h3-16,18,27-28H,17,19H2,1-2H3,(H,31,35)(H,32,36)/t27-,28+/m0/s1. The van der Waals surface area contributed by atoms with Gasteiger partial charge in [-0.1, -0.05) is 42.0 Å². The second-order valence-electron chi connectivity index (χ2n) is 9.05. The molecule has 0 spiro atoms. The first kappa shape index (κ1) is 23.8. The smallest absolute Gasteiger partial charge is 0.226 e. The molecule has 1 fully saturated rings. The molecule has 2 atom stereocenters. The average Bonchev–Trinajstić information content (AvgIpc) is 3.44. The largest absolute Gasteiger partial charge is 0.352 e. The van der Waals surface area contributed by atoms with Gasteiger partial charge in [0.25, 0.3) is 0 Å². The van der Waals surface area contributed by atoms with Gasteiger partial charge in [0.2, 0.25) is 5.91 Å². The minimum atomic E-state index is -0.143. The van der Waals surface area contributed by atoms with Crippen molar-refractivity contribution >= 4 is 28.9 Å². The molecule has 0 bridgehead atoms. The van der Waals surface area contributed by atoms with Crippen LogP contribution < -0.4 is 10.6 Å². The Hall–Kier alpha value is -3.97. The van der Waals surface area contributed by atoms with Crippen molar-refractivity contribution in [2.75, 3.05) is 11.9 Å². The van der Waals surface area contributed by atoms with Crippen LogP contribution in [-0.2, 0) is 4.79 Å². The van der Waals surface area contributed by atoms with E-state index >= 15 is 0 Å². The molecule has 2 aromatic carbocycles. The van der Waals surface area contributed by atoms with Gasteiger partial charge in [-0.3, -0.25) is 9.78 Å². The topological polar surface area (TPSA) is 62.2 Å². The van der Waals surface area contributed by atoms with Gasteiger partial charge >= 0.3 is 0 Å². The Morgan fingerprint density at radius 3 is 2.44 bits per heavy atom. The molecule has 1 aliphatic rings. The lowest BCUT2D eigenvalue weighted by Crippen LogP contribution is -2.33. The summed E-state index contributed by atoms with van der Waals surface area (Å²) >= 11 is 5.80. The number of anilines is 1. The fourth-order valence-corrected chi connectivity index (χ4v) is 5.10. The molecular weight excluding hydrogens is 466 g/mol. The van der Waals surface area contributed by atoms with Crippen LogP contribution in [0.15, 0.2) is 91.1 Å². The molecule has 182 valence electrons. The zero-order valence-electron chi connectivity index (χ0n) is 20.4. The maximum Gasteiger partial charge on any atom is 0.226 e. The Kier molecular flexibility index (Phi) is 6.82. The first-order valence-corrected chi connectivity index (χ1v) is 12.5. The van der Waals surface area contributed by atoms with E-state index in [1.165, 1.54) is 0 Å². The fraction of sp³-hybridized carbons (Fsp3) is 0.207. The van der Waals surface area contributed by atoms with Gasteiger partial charge in [-0.2, -0.15) is 0 Å². The summed E-state index contributed by atoms with van der Waals surface area (Å²) in [5.41, 5.74) is 6.18. The Labute approximate surface area is 217 Å². The summed E-state index contributed by atoms with van der Waals surface area (Å²) in [5, 5.41) is 7.11. The van der Waals surface area contributed by atoms with Gasteiger partial charge < -0.3 is 20.1 Å². The van der Waals surface area contributed by atoms with E-state index in [-0.39, 0.29) is 18.0 Å². The van der Waals surface area contributed by atoms with Gasteiger partial charge in [-0.05, 0) is 74.6 Å². The molecule has 3 heterocycles. The van der Waals surface area contributed by atoms with Crippen molar-refractivity contribution in [2.45, 2.75) is 32.4 Å². The molecule has 2 aromatic heterocycles. The monoisotopic (exact) mass is 495 g/mol. The quantitative estimate of drug-likeness (QED) is 0.332. The van der Waals surface area contributed by atoms with E-state index in [1.807, 2.05) is 67.6 Å². The molecule has 0 aliphatic carbocycles. The minimum Gasteiger partial charge on any atom is -0.352 e. The average molecular weight is 496 g/mol. The molecule has 1 aliphatic heterocycles. The molecule has 7 heteroatoms. The Balaban J connectivity index is 1.45. The van der Waals surface area contributed by atoms with Crippen LogP contribution in [0.1, 0.15) is 41.1 Å². The third-order valence-corrected chi connectivity index (χ3v) is 6.89. The molecule has 6 nitrogen and oxygen atoms in total. The normalized spacial score (nSPS) is 17.2. The molecule has 0 saturated carbocycles. The van der Waals surface area contributed by atoms with Gasteiger partial charge in [0.05, 0.1) is 17.8 Å². The van der Waals surface area contributed by atoms with Gasteiger partial charge in [0, 0.05) is 41.9 Å². The second kappa shape index (κ2) is 10.3. The third-order valence-electron chi connectivity index (χ3n) is 6.54. The first-order valence-electron chi connectivity index (χ1n) is 12.1.